The molecule has 674 valence electrons. The molecule has 0 bridgehead atoms. The molecular formula is C83H108Cl2F6N14O13S5. The zero-order valence-corrected chi connectivity index (χ0v) is 78.4. The number of anilines is 2. The maximum absolute atomic E-state index is 15.1. The average molecular weight is 1860 g/mol. The Kier molecular flexibility index (Phi) is 36.0. The number of carboxylic acids is 1. The number of ether oxygens (including phenoxy) is 3. The van der Waals surface area contributed by atoms with E-state index < -0.39 is 129 Å². The van der Waals surface area contributed by atoms with Crippen molar-refractivity contribution in [1.82, 2.24) is 58.8 Å². The fraction of sp³-hybridized carbons (Fsp3) is 0.518. The number of fused-ring (bicyclic) bond motifs is 2. The lowest BCUT2D eigenvalue weighted by Crippen LogP contribution is -2.40. The summed E-state index contributed by atoms with van der Waals surface area (Å²) in [5, 5.41) is 15.4. The molecule has 0 fully saturated rings. The first kappa shape index (κ1) is 103. The molecular weight excluding hydrogens is 1750 g/mol. The molecule has 0 saturated carbocycles. The minimum absolute atomic E-state index is 0.00536. The smallest absolute Gasteiger partial charge is 0.319 e. The minimum atomic E-state index is -4.14. The number of aromatic nitrogens is 12. The Morgan fingerprint density at radius 1 is 0.520 bits per heavy atom. The van der Waals surface area contributed by atoms with Crippen molar-refractivity contribution in [2.24, 2.45) is 33.5 Å². The number of hydrogen-bond donors (Lipinski definition) is 4. The van der Waals surface area contributed by atoms with Gasteiger partial charge in [-0.1, -0.05) is 101 Å². The van der Waals surface area contributed by atoms with Gasteiger partial charge in [-0.05, 0) is 163 Å². The molecule has 8 aromatic heterocycles. The fourth-order valence-electron chi connectivity index (χ4n) is 11.3. The van der Waals surface area contributed by atoms with Crippen LogP contribution in [-0.2, 0) is 88.7 Å². The van der Waals surface area contributed by atoms with E-state index in [9.17, 15) is 62.2 Å². The lowest BCUT2D eigenvalue weighted by atomic mass is 9.79. The van der Waals surface area contributed by atoms with Crippen molar-refractivity contribution >= 4 is 135 Å². The number of halogens is 8. The summed E-state index contributed by atoms with van der Waals surface area (Å²) in [6, 6.07) is 8.15. The standard InChI is InChI=1S/C31H36F2N4O5S2.C20H22F2N4O3S.C16H25ClFN3O3S.C16H25ClFN3O2S/c1-19-8-10-22(11-9-19)44(40,41)37-16-24(23-13-21(32)14-35-29(23)37)28-34-15-25(33)26(36-28)12-20(30(2,3)4)17-43(39)18-27(38)42-31(5,6)7;1-20(2,3)11(9-30(29)10-17(27)28)4-16-15(22)8-25-19(26-16)14-7-24-18-13(14)5-12(21)6-23-18;1-15(2,3)11(20-13-10(18)7-19-14(17)21-13)8-25(23)9-12(22)24-16(4,5)6;1-15(2,3)11(8-24-9-12(22)23-16(4,5)6)20-13-10(18)7-19-14(17)21-13/h8-11,13-16,20H,12,17-18H2,1-7H3;5-8,11H,4,9-10H2,1-3H3,(H,23,24)(H,27,28);7,11H,8-9H2,1-6H3,(H,19,20,21);7,11H,8-9H2,1-6H3,(H,19,20,21)/t20-,43?;11-,30?;11-,25?;11-/m1111/s1. The number of aryl methyl sites for hydroxylation is 1. The molecule has 8 heterocycles. The summed E-state index contributed by atoms with van der Waals surface area (Å²) in [6.07, 6.45) is 9.07. The number of esters is 3. The van der Waals surface area contributed by atoms with Crippen molar-refractivity contribution in [2.45, 2.75) is 199 Å². The van der Waals surface area contributed by atoms with Crippen LogP contribution in [0.4, 0.5) is 38.0 Å². The van der Waals surface area contributed by atoms with Crippen LogP contribution < -0.4 is 10.6 Å². The number of carboxylic acid groups (broad SMARTS) is 1. The molecule has 1 aromatic carbocycles. The predicted octanol–water partition coefficient (Wildman–Crippen LogP) is 16.3. The predicted molar refractivity (Wildman–Crippen MR) is 469 cm³/mol. The number of carbonyl (C=O) groups is 4. The van der Waals surface area contributed by atoms with E-state index in [1.165, 1.54) is 36.2 Å². The third-order valence-electron chi connectivity index (χ3n) is 18.0. The van der Waals surface area contributed by atoms with Gasteiger partial charge in [0.05, 0.1) is 59.2 Å². The van der Waals surface area contributed by atoms with Crippen LogP contribution in [0.2, 0.25) is 10.6 Å². The number of hydrogen-bond acceptors (Lipinski definition) is 25. The zero-order valence-electron chi connectivity index (χ0n) is 72.8. The van der Waals surface area contributed by atoms with E-state index in [-0.39, 0.29) is 154 Å². The zero-order chi connectivity index (χ0) is 92.6. The highest BCUT2D eigenvalue weighted by Gasteiger charge is 2.35. The van der Waals surface area contributed by atoms with E-state index in [0.717, 1.165) is 52.8 Å². The van der Waals surface area contributed by atoms with E-state index in [0.29, 0.717) is 22.3 Å². The molecule has 40 heteroatoms. The Morgan fingerprint density at radius 3 is 1.38 bits per heavy atom. The lowest BCUT2D eigenvalue weighted by molar-refractivity contribution is -0.152. The van der Waals surface area contributed by atoms with Gasteiger partial charge < -0.3 is 34.9 Å². The molecule has 0 amide bonds. The molecule has 0 saturated heterocycles. The molecule has 9 rings (SSSR count). The van der Waals surface area contributed by atoms with E-state index in [1.807, 2.05) is 111 Å². The monoisotopic (exact) mass is 1850 g/mol. The first-order valence-corrected chi connectivity index (χ1v) is 46.4. The number of aliphatic carboxylic acids is 1. The third kappa shape index (κ3) is 33.3. The van der Waals surface area contributed by atoms with Crippen LogP contribution in [0.3, 0.4) is 0 Å². The van der Waals surface area contributed by atoms with E-state index in [4.69, 9.17) is 42.5 Å². The average Bonchev–Trinajstić information content (AvgIpc) is 1.55. The molecule has 0 radical (unpaired) electrons. The van der Waals surface area contributed by atoms with Gasteiger partial charge in [0.15, 0.2) is 52.2 Å². The van der Waals surface area contributed by atoms with Gasteiger partial charge in [0.1, 0.15) is 51.3 Å². The Bertz CT molecular complexity index is 5400. The molecule has 0 spiro atoms. The molecule has 4 N–H and O–H groups in total. The molecule has 27 nitrogen and oxygen atoms in total. The third-order valence-corrected chi connectivity index (χ3v) is 24.9. The van der Waals surface area contributed by atoms with Crippen LogP contribution in [0, 0.1) is 75.3 Å². The largest absolute Gasteiger partial charge is 0.481 e. The molecule has 3 unspecified atom stereocenters. The summed E-state index contributed by atoms with van der Waals surface area (Å²) < 4.78 is 167. The van der Waals surface area contributed by atoms with Gasteiger partial charge in [-0.25, -0.2) is 78.6 Å². The summed E-state index contributed by atoms with van der Waals surface area (Å²) in [5.74, 6) is -6.58. The maximum Gasteiger partial charge on any atom is 0.319 e. The van der Waals surface area contributed by atoms with Crippen LogP contribution in [0.5, 0.6) is 0 Å². The number of rotatable bonds is 28. The normalized spacial score (nSPS) is 14.1. The van der Waals surface area contributed by atoms with E-state index in [1.54, 1.807) is 59.9 Å². The number of nitrogens with one attached hydrogen (secondary N) is 3. The Hall–Kier alpha value is -8.69. The molecule has 0 aliphatic heterocycles. The highest BCUT2D eigenvalue weighted by Crippen LogP contribution is 2.37. The number of aromatic amines is 1. The fourth-order valence-corrected chi connectivity index (χ4v) is 18.4. The van der Waals surface area contributed by atoms with Gasteiger partial charge in [0.25, 0.3) is 10.0 Å². The van der Waals surface area contributed by atoms with Gasteiger partial charge in [0, 0.05) is 102 Å². The number of benzene rings is 1. The summed E-state index contributed by atoms with van der Waals surface area (Å²) >= 11 is 12.9. The van der Waals surface area contributed by atoms with Crippen LogP contribution in [-0.4, -0.2) is 184 Å². The highest BCUT2D eigenvalue weighted by atomic mass is 35.5. The van der Waals surface area contributed by atoms with Crippen LogP contribution in [0.1, 0.15) is 162 Å². The first-order chi connectivity index (χ1) is 56.5. The van der Waals surface area contributed by atoms with Crippen molar-refractivity contribution < 1.29 is 85.9 Å². The summed E-state index contributed by atoms with van der Waals surface area (Å²) in [7, 11) is -8.80. The topological polar surface area (TPSA) is 375 Å². The number of thioether (sulfide) groups is 1. The summed E-state index contributed by atoms with van der Waals surface area (Å²) in [6.45, 7) is 41.1. The second-order valence-corrected chi connectivity index (χ2v) is 44.2. The molecule has 123 heavy (non-hydrogen) atoms. The van der Waals surface area contributed by atoms with E-state index in [2.05, 4.69) is 65.5 Å². The van der Waals surface area contributed by atoms with Gasteiger partial charge in [0.2, 0.25) is 10.6 Å². The number of carbonyl (C=O) groups excluding carboxylic acids is 3. The van der Waals surface area contributed by atoms with Crippen LogP contribution in [0.25, 0.3) is 44.8 Å². The van der Waals surface area contributed by atoms with Gasteiger partial charge >= 0.3 is 23.9 Å². The van der Waals surface area contributed by atoms with Crippen molar-refractivity contribution in [1.29, 1.82) is 0 Å². The van der Waals surface area contributed by atoms with Crippen LogP contribution >= 0.6 is 35.0 Å². The van der Waals surface area contributed by atoms with Crippen molar-refractivity contribution in [2.75, 3.05) is 56.7 Å². The Balaban J connectivity index is 0.000000263. The quantitative estimate of drug-likeness (QED) is 0.0153. The SMILES string of the molecule is CC(C)(C)OC(=O)CS(=O)C[C@@H](Nc1nc(Cl)ncc1F)C(C)(C)C.CC(C)(C)OC(=O)CSC[C@@H](Nc1nc(Cl)ncc1F)C(C)(C)C.CC(C)(C)[C@H](Cc1nc(-c2c[nH]c3ncc(F)cc23)ncc1F)CS(=O)CC(=O)O.Cc1ccc(S(=O)(=O)n2cc(-c3ncc(F)c(C[C@H](CS(=O)CC(=O)OC(C)(C)C)C(C)(C)C)n3)c3cc(F)cnc32)cc1. The molecule has 0 aliphatic carbocycles. The minimum Gasteiger partial charge on any atom is -0.481 e. The van der Waals surface area contributed by atoms with Crippen molar-refractivity contribution in [3.63, 3.8) is 0 Å². The summed E-state index contributed by atoms with van der Waals surface area (Å²) in [4.78, 5) is 89.4. The Labute approximate surface area is 735 Å². The van der Waals surface area contributed by atoms with Gasteiger partial charge in [-0.15, -0.1) is 11.8 Å². The lowest BCUT2D eigenvalue weighted by Gasteiger charge is -2.32. The van der Waals surface area contributed by atoms with Gasteiger partial charge in [-0.2, -0.15) is 9.97 Å². The maximum atomic E-state index is 15.1. The number of nitrogens with zero attached hydrogens (tertiary/aromatic N) is 11. The van der Waals surface area contributed by atoms with Gasteiger partial charge in [-0.3, -0.25) is 31.8 Å². The first-order valence-electron chi connectivity index (χ1n) is 38.6. The summed E-state index contributed by atoms with van der Waals surface area (Å²) in [5.41, 5.74) is -1.15. The van der Waals surface area contributed by atoms with E-state index >= 15 is 4.39 Å². The van der Waals surface area contributed by atoms with Crippen molar-refractivity contribution in [3.8, 4) is 22.8 Å². The number of pyridine rings is 2. The molecule has 9 aromatic rings. The second-order valence-electron chi connectivity index (χ2n) is 36.2. The van der Waals surface area contributed by atoms with Crippen LogP contribution in [0.15, 0.2) is 90.9 Å². The highest BCUT2D eigenvalue weighted by molar-refractivity contribution is 8.00. The molecule has 7 atom stereocenters. The van der Waals surface area contributed by atoms with Crippen molar-refractivity contribution in [3.05, 3.63) is 148 Å². The second kappa shape index (κ2) is 43.0. The molecule has 0 aliphatic rings. The number of H-pyrrole nitrogens is 1. The Morgan fingerprint density at radius 2 is 0.935 bits per heavy atom.